The Morgan fingerprint density at radius 2 is 1.63 bits per heavy atom. The molecular formula is C17H24O2. The van der Waals surface area contributed by atoms with Gasteiger partial charge in [0.2, 0.25) is 0 Å². The van der Waals surface area contributed by atoms with E-state index in [2.05, 4.69) is 12.2 Å². The maximum absolute atomic E-state index is 11.4. The number of carbonyl (C=O) groups excluding carboxylic acids is 1. The molecular weight excluding hydrogens is 236 g/mol. The Labute approximate surface area is 116 Å². The highest BCUT2D eigenvalue weighted by Gasteiger charge is 2.34. The first kappa shape index (κ1) is 14.1. The molecule has 0 amide bonds. The van der Waals surface area contributed by atoms with Gasteiger partial charge in [-0.15, -0.1) is 0 Å². The van der Waals surface area contributed by atoms with Crippen molar-refractivity contribution in [3.63, 3.8) is 0 Å². The van der Waals surface area contributed by atoms with E-state index in [9.17, 15) is 4.79 Å². The molecule has 1 unspecified atom stereocenters. The molecule has 1 fully saturated rings. The summed E-state index contributed by atoms with van der Waals surface area (Å²) in [6.45, 7) is 0. The Morgan fingerprint density at radius 3 is 2.42 bits per heavy atom. The van der Waals surface area contributed by atoms with Crippen molar-refractivity contribution < 1.29 is 9.53 Å². The molecule has 0 radical (unpaired) electrons. The zero-order valence-corrected chi connectivity index (χ0v) is 11.6. The van der Waals surface area contributed by atoms with Gasteiger partial charge in [0.15, 0.2) is 0 Å². The summed E-state index contributed by atoms with van der Waals surface area (Å²) < 4.78 is 5.19. The molecule has 2 rings (SSSR count). The smallest absolute Gasteiger partial charge is 0.338 e. The van der Waals surface area contributed by atoms with Crippen molar-refractivity contribution in [3.05, 3.63) is 36.0 Å². The van der Waals surface area contributed by atoms with Crippen molar-refractivity contribution in [2.75, 3.05) is 0 Å². The highest BCUT2D eigenvalue weighted by molar-refractivity contribution is 5.95. The fraction of sp³-hybridized carbons (Fsp3) is 0.588. The lowest BCUT2D eigenvalue weighted by molar-refractivity contribution is -0.156. The van der Waals surface area contributed by atoms with Gasteiger partial charge in [-0.1, -0.05) is 56.4 Å². The van der Waals surface area contributed by atoms with Crippen LogP contribution in [0.2, 0.25) is 0 Å². The molecule has 19 heavy (non-hydrogen) atoms. The monoisotopic (exact) mass is 260 g/mol. The maximum atomic E-state index is 11.4. The summed E-state index contributed by atoms with van der Waals surface area (Å²) in [5.41, 5.74) is 0.844. The highest BCUT2D eigenvalue weighted by atomic mass is 16.6. The van der Waals surface area contributed by atoms with Crippen LogP contribution in [-0.4, -0.2) is 12.1 Å². The quantitative estimate of drug-likeness (QED) is 0.600. The largest absolute Gasteiger partial charge is 0.454 e. The van der Waals surface area contributed by atoms with Crippen molar-refractivity contribution in [2.45, 2.75) is 63.9 Å². The molecule has 1 atom stereocenters. The zero-order valence-electron chi connectivity index (χ0n) is 11.6. The van der Waals surface area contributed by atoms with Crippen LogP contribution in [0.1, 0.15) is 57.8 Å². The summed E-state index contributed by atoms with van der Waals surface area (Å²) in [4.78, 5) is 11.4. The van der Waals surface area contributed by atoms with Gasteiger partial charge < -0.3 is 4.74 Å². The van der Waals surface area contributed by atoms with E-state index in [-0.39, 0.29) is 12.1 Å². The third-order valence-corrected chi connectivity index (χ3v) is 3.80. The predicted octanol–water partition coefficient (Wildman–Crippen LogP) is 4.48. The molecule has 0 aromatic carbocycles. The molecule has 2 heteroatoms. The van der Waals surface area contributed by atoms with Crippen LogP contribution in [0.15, 0.2) is 36.0 Å². The Balaban J connectivity index is 1.89. The summed E-state index contributed by atoms with van der Waals surface area (Å²) in [6, 6.07) is 0. The van der Waals surface area contributed by atoms with E-state index in [1.807, 2.05) is 18.2 Å². The van der Waals surface area contributed by atoms with E-state index >= 15 is 0 Å². The van der Waals surface area contributed by atoms with Crippen LogP contribution in [0.25, 0.3) is 0 Å². The minimum absolute atomic E-state index is 0.0500. The molecule has 104 valence electrons. The molecule has 0 N–H and O–H groups in total. The fourth-order valence-corrected chi connectivity index (χ4v) is 2.60. The number of fused-ring (bicyclic) bond motifs is 1. The second-order valence-corrected chi connectivity index (χ2v) is 5.38. The van der Waals surface area contributed by atoms with Crippen LogP contribution in [0.5, 0.6) is 0 Å². The first-order chi connectivity index (χ1) is 9.38. The van der Waals surface area contributed by atoms with Gasteiger partial charge in [-0.25, -0.2) is 4.79 Å². The van der Waals surface area contributed by atoms with Crippen molar-refractivity contribution in [1.82, 2.24) is 0 Å². The summed E-state index contributed by atoms with van der Waals surface area (Å²) >= 11 is 0. The van der Waals surface area contributed by atoms with Crippen LogP contribution in [0.4, 0.5) is 0 Å². The molecule has 2 nitrogen and oxygen atoms in total. The van der Waals surface area contributed by atoms with Crippen molar-refractivity contribution in [3.8, 4) is 0 Å². The third kappa shape index (κ3) is 4.70. The number of rotatable bonds is 0. The fourth-order valence-electron chi connectivity index (χ4n) is 2.60. The topological polar surface area (TPSA) is 26.3 Å². The van der Waals surface area contributed by atoms with Gasteiger partial charge in [-0.2, -0.15) is 0 Å². The number of carbonyl (C=O) groups is 1. The first-order valence-electron chi connectivity index (χ1n) is 7.62. The first-order valence-corrected chi connectivity index (χ1v) is 7.62. The Hall–Kier alpha value is -1.31. The highest BCUT2D eigenvalue weighted by Crippen LogP contribution is 2.26. The normalized spacial score (nSPS) is 29.4. The zero-order chi connectivity index (χ0) is 13.3. The van der Waals surface area contributed by atoms with Crippen molar-refractivity contribution >= 4 is 5.97 Å². The summed E-state index contributed by atoms with van der Waals surface area (Å²) in [7, 11) is 0. The molecule has 0 aromatic rings. The minimum atomic E-state index is -0.139. The van der Waals surface area contributed by atoms with Gasteiger partial charge in [0, 0.05) is 0 Å². The lowest BCUT2D eigenvalue weighted by Crippen LogP contribution is -2.36. The van der Waals surface area contributed by atoms with E-state index in [0.717, 1.165) is 18.4 Å². The van der Waals surface area contributed by atoms with Gasteiger partial charge in [0.05, 0.1) is 5.57 Å². The molecule has 0 saturated carbocycles. The van der Waals surface area contributed by atoms with Crippen molar-refractivity contribution in [2.24, 2.45) is 0 Å². The van der Waals surface area contributed by atoms with Gasteiger partial charge >= 0.3 is 5.97 Å². The molecule has 2 aliphatic rings. The molecule has 1 heterocycles. The van der Waals surface area contributed by atoms with E-state index in [4.69, 9.17) is 4.74 Å². The lowest BCUT2D eigenvalue weighted by Gasteiger charge is -2.28. The van der Waals surface area contributed by atoms with Gasteiger partial charge in [0.25, 0.3) is 0 Å². The van der Waals surface area contributed by atoms with Gasteiger partial charge in [-0.05, 0) is 31.8 Å². The van der Waals surface area contributed by atoms with Crippen LogP contribution in [0, 0.1) is 0 Å². The molecule has 0 aromatic heterocycles. The second kappa shape index (κ2) is 7.98. The van der Waals surface area contributed by atoms with E-state index in [1.165, 1.54) is 44.9 Å². The molecule has 0 bridgehead atoms. The third-order valence-electron chi connectivity index (χ3n) is 3.80. The Bertz CT molecular complexity index is 377. The number of hydrogen-bond acceptors (Lipinski definition) is 2. The number of ether oxygens (including phenoxy) is 1. The minimum Gasteiger partial charge on any atom is -0.454 e. The van der Waals surface area contributed by atoms with Crippen LogP contribution < -0.4 is 0 Å². The molecule has 0 spiro atoms. The predicted molar refractivity (Wildman–Crippen MR) is 77.8 cm³/mol. The number of esters is 1. The molecule has 1 aliphatic carbocycles. The SMILES string of the molecule is O=C1OC2CCCCCCCCC/C=C/C=C/C=C12. The Kier molecular flexibility index (Phi) is 5.93. The number of allylic oxidation sites excluding steroid dienone is 5. The van der Waals surface area contributed by atoms with Crippen LogP contribution in [0.3, 0.4) is 0 Å². The average molecular weight is 260 g/mol. The van der Waals surface area contributed by atoms with Gasteiger partial charge in [0.1, 0.15) is 6.10 Å². The van der Waals surface area contributed by atoms with E-state index < -0.39 is 0 Å². The maximum Gasteiger partial charge on any atom is 0.338 e. The van der Waals surface area contributed by atoms with Crippen molar-refractivity contribution in [1.29, 1.82) is 0 Å². The Morgan fingerprint density at radius 1 is 0.895 bits per heavy atom. The molecule has 1 saturated heterocycles. The van der Waals surface area contributed by atoms with Crippen LogP contribution in [-0.2, 0) is 9.53 Å². The number of hydrogen-bond donors (Lipinski definition) is 0. The average Bonchev–Trinajstić information content (AvgIpc) is 2.40. The standard InChI is InChI=1S/C17H24O2/c18-17-15-13-11-9-7-5-3-1-2-4-6-8-10-12-14-16(15)19-17/h5,7,9,11,13,16H,1-4,6,8,10,12,14H2/b7-5+,11-9+,15-13?. The summed E-state index contributed by atoms with van der Waals surface area (Å²) in [5, 5.41) is 0. The second-order valence-electron chi connectivity index (χ2n) is 5.38. The van der Waals surface area contributed by atoms with E-state index in [0.29, 0.717) is 0 Å². The van der Waals surface area contributed by atoms with E-state index in [1.54, 1.807) is 0 Å². The lowest BCUT2D eigenvalue weighted by atomic mass is 9.97. The van der Waals surface area contributed by atoms with Gasteiger partial charge in [-0.3, -0.25) is 0 Å². The van der Waals surface area contributed by atoms with Crippen LogP contribution >= 0.6 is 0 Å². The molecule has 1 aliphatic heterocycles. The summed E-state index contributed by atoms with van der Waals surface area (Å²) in [5.74, 6) is -0.139. The summed E-state index contributed by atoms with van der Waals surface area (Å²) in [6.07, 6.45) is 21.4.